The van der Waals surface area contributed by atoms with E-state index in [0.29, 0.717) is 26.1 Å². The van der Waals surface area contributed by atoms with Crippen molar-refractivity contribution in [2.45, 2.75) is 31.7 Å². The molecule has 1 aromatic carbocycles. The highest BCUT2D eigenvalue weighted by Crippen LogP contribution is 2.22. The molecule has 2 amide bonds. The van der Waals surface area contributed by atoms with Gasteiger partial charge in [-0.15, -0.1) is 0 Å². The Morgan fingerprint density at radius 2 is 2.00 bits per heavy atom. The summed E-state index contributed by atoms with van der Waals surface area (Å²) >= 11 is 0. The Balaban J connectivity index is 1.88. The zero-order valence-electron chi connectivity index (χ0n) is 14.7. The van der Waals surface area contributed by atoms with Gasteiger partial charge in [0.25, 0.3) is 11.8 Å². The van der Waals surface area contributed by atoms with E-state index in [0.717, 1.165) is 12.8 Å². The van der Waals surface area contributed by atoms with Crippen molar-refractivity contribution in [2.75, 3.05) is 26.3 Å². The van der Waals surface area contributed by atoms with Gasteiger partial charge in [0.1, 0.15) is 5.75 Å². The number of benzene rings is 1. The molecule has 0 spiro atoms. The molecule has 0 saturated carbocycles. The molecule has 0 aliphatic carbocycles. The van der Waals surface area contributed by atoms with Gasteiger partial charge in [0.05, 0.1) is 18.6 Å². The zero-order chi connectivity index (χ0) is 18.9. The Hall–Kier alpha value is -2.61. The summed E-state index contributed by atoms with van der Waals surface area (Å²) in [5.74, 6) is -0.915. The van der Waals surface area contributed by atoms with Gasteiger partial charge < -0.3 is 25.8 Å². The molecular weight excluding hydrogens is 338 g/mol. The molecule has 1 heterocycles. The largest absolute Gasteiger partial charge is 0.483 e. The van der Waals surface area contributed by atoms with Crippen LogP contribution in [0.15, 0.2) is 24.3 Å². The number of hydrogen-bond acceptors (Lipinski definition) is 6. The number of primary amides is 1. The lowest BCUT2D eigenvalue weighted by Gasteiger charge is -2.24. The van der Waals surface area contributed by atoms with Crippen LogP contribution in [0.5, 0.6) is 5.75 Å². The third-order valence-electron chi connectivity index (χ3n) is 4.21. The number of amides is 2. The first-order valence-corrected chi connectivity index (χ1v) is 8.69. The van der Waals surface area contributed by atoms with Gasteiger partial charge >= 0.3 is 5.97 Å². The maximum Gasteiger partial charge on any atom is 0.307 e. The summed E-state index contributed by atoms with van der Waals surface area (Å²) in [6.45, 7) is 1.11. The number of esters is 1. The topological polar surface area (TPSA) is 125 Å². The predicted octanol–water partition coefficient (Wildman–Crippen LogP) is 0.437. The fraction of sp³-hybridized carbons (Fsp3) is 0.500. The number of likely N-dealkylation sites (tertiary alicyclic amines) is 1. The standard InChI is InChI=1S/C18H25N3O5/c19-8-4-10-25-17(23)11-13-5-3-9-21(13)16(22)12-26-15-7-2-1-6-14(15)18(20)24/h1-2,6-7,13H,3-5,8-12,19H2,(H2,20,24). The average Bonchev–Trinajstić information content (AvgIpc) is 3.08. The molecule has 142 valence electrons. The molecule has 2 rings (SSSR count). The van der Waals surface area contributed by atoms with Crippen LogP contribution in [0.2, 0.25) is 0 Å². The van der Waals surface area contributed by atoms with Gasteiger partial charge in [-0.2, -0.15) is 0 Å². The Morgan fingerprint density at radius 1 is 1.23 bits per heavy atom. The van der Waals surface area contributed by atoms with E-state index in [2.05, 4.69) is 0 Å². The number of ether oxygens (including phenoxy) is 2. The molecule has 0 bridgehead atoms. The smallest absolute Gasteiger partial charge is 0.307 e. The number of rotatable bonds is 9. The summed E-state index contributed by atoms with van der Waals surface area (Å²) in [6.07, 6.45) is 2.35. The van der Waals surface area contributed by atoms with Crippen LogP contribution in [0.3, 0.4) is 0 Å². The summed E-state index contributed by atoms with van der Waals surface area (Å²) in [5.41, 5.74) is 10.9. The maximum atomic E-state index is 12.5. The second-order valence-electron chi connectivity index (χ2n) is 6.10. The Labute approximate surface area is 152 Å². The van der Waals surface area contributed by atoms with Crippen molar-refractivity contribution in [3.8, 4) is 5.75 Å². The molecule has 1 aliphatic heterocycles. The van der Waals surface area contributed by atoms with Crippen LogP contribution >= 0.6 is 0 Å². The van der Waals surface area contributed by atoms with Crippen molar-refractivity contribution in [2.24, 2.45) is 11.5 Å². The van der Waals surface area contributed by atoms with Crippen LogP contribution in [0.1, 0.15) is 36.0 Å². The van der Waals surface area contributed by atoms with Crippen LogP contribution in [0.4, 0.5) is 0 Å². The number of carbonyl (C=O) groups excluding carboxylic acids is 3. The molecule has 1 saturated heterocycles. The molecule has 8 nitrogen and oxygen atoms in total. The second-order valence-corrected chi connectivity index (χ2v) is 6.10. The normalized spacial score (nSPS) is 16.3. The molecular formula is C18H25N3O5. The quantitative estimate of drug-likeness (QED) is 0.484. The molecule has 0 radical (unpaired) electrons. The molecule has 1 fully saturated rings. The third kappa shape index (κ3) is 5.45. The van der Waals surface area contributed by atoms with Crippen molar-refractivity contribution in [3.63, 3.8) is 0 Å². The van der Waals surface area contributed by atoms with E-state index in [1.165, 1.54) is 6.07 Å². The SMILES string of the molecule is NCCCOC(=O)CC1CCCN1C(=O)COc1ccccc1C(N)=O. The van der Waals surface area contributed by atoms with Crippen molar-refractivity contribution >= 4 is 17.8 Å². The fourth-order valence-electron chi connectivity index (χ4n) is 2.92. The molecule has 1 atom stereocenters. The molecule has 8 heteroatoms. The zero-order valence-corrected chi connectivity index (χ0v) is 14.7. The molecule has 1 aromatic rings. The van der Waals surface area contributed by atoms with Gasteiger partial charge in [-0.25, -0.2) is 0 Å². The first-order valence-electron chi connectivity index (χ1n) is 8.69. The van der Waals surface area contributed by atoms with Crippen LogP contribution in [0, 0.1) is 0 Å². The van der Waals surface area contributed by atoms with E-state index >= 15 is 0 Å². The van der Waals surface area contributed by atoms with Crippen LogP contribution in [-0.4, -0.2) is 55.0 Å². The summed E-state index contributed by atoms with van der Waals surface area (Å²) in [5, 5.41) is 0. The second kappa shape index (κ2) is 9.76. The number of carbonyl (C=O) groups is 3. The number of nitrogens with two attached hydrogens (primary N) is 2. The predicted molar refractivity (Wildman–Crippen MR) is 94.4 cm³/mol. The van der Waals surface area contributed by atoms with E-state index < -0.39 is 5.91 Å². The maximum absolute atomic E-state index is 12.5. The van der Waals surface area contributed by atoms with E-state index in [-0.39, 0.29) is 42.3 Å². The van der Waals surface area contributed by atoms with E-state index in [4.69, 9.17) is 20.9 Å². The Morgan fingerprint density at radius 3 is 2.73 bits per heavy atom. The molecule has 0 aromatic heterocycles. The van der Waals surface area contributed by atoms with Crippen LogP contribution in [-0.2, 0) is 14.3 Å². The van der Waals surface area contributed by atoms with Crippen molar-refractivity contribution in [1.29, 1.82) is 0 Å². The van der Waals surface area contributed by atoms with Crippen molar-refractivity contribution in [1.82, 2.24) is 4.90 Å². The highest BCUT2D eigenvalue weighted by molar-refractivity contribution is 5.95. The monoisotopic (exact) mass is 363 g/mol. The minimum absolute atomic E-state index is 0.161. The molecule has 4 N–H and O–H groups in total. The van der Waals surface area contributed by atoms with Crippen molar-refractivity contribution < 1.29 is 23.9 Å². The molecule has 1 unspecified atom stereocenters. The molecule has 26 heavy (non-hydrogen) atoms. The van der Waals surface area contributed by atoms with E-state index in [1.54, 1.807) is 23.1 Å². The summed E-state index contributed by atoms with van der Waals surface area (Å²) in [7, 11) is 0. The average molecular weight is 363 g/mol. The Kier molecular flexibility index (Phi) is 7.40. The lowest BCUT2D eigenvalue weighted by atomic mass is 10.1. The minimum atomic E-state index is -0.618. The highest BCUT2D eigenvalue weighted by atomic mass is 16.5. The first kappa shape index (κ1) is 19.7. The van der Waals surface area contributed by atoms with E-state index in [9.17, 15) is 14.4 Å². The summed E-state index contributed by atoms with van der Waals surface area (Å²) in [4.78, 5) is 37.4. The lowest BCUT2D eigenvalue weighted by molar-refractivity contribution is -0.146. The first-order chi connectivity index (χ1) is 12.5. The summed E-state index contributed by atoms with van der Waals surface area (Å²) in [6, 6.07) is 6.30. The minimum Gasteiger partial charge on any atom is -0.483 e. The fourth-order valence-corrected chi connectivity index (χ4v) is 2.92. The number of nitrogens with zero attached hydrogens (tertiary/aromatic N) is 1. The van der Waals surface area contributed by atoms with Gasteiger partial charge in [0, 0.05) is 12.6 Å². The van der Waals surface area contributed by atoms with Gasteiger partial charge in [0.15, 0.2) is 6.61 Å². The van der Waals surface area contributed by atoms with Gasteiger partial charge in [-0.3, -0.25) is 14.4 Å². The lowest BCUT2D eigenvalue weighted by Crippen LogP contribution is -2.40. The van der Waals surface area contributed by atoms with Gasteiger partial charge in [-0.05, 0) is 37.9 Å². The van der Waals surface area contributed by atoms with Crippen LogP contribution in [0.25, 0.3) is 0 Å². The highest BCUT2D eigenvalue weighted by Gasteiger charge is 2.31. The molecule has 1 aliphatic rings. The number of para-hydroxylation sites is 1. The van der Waals surface area contributed by atoms with E-state index in [1.807, 2.05) is 0 Å². The van der Waals surface area contributed by atoms with Crippen LogP contribution < -0.4 is 16.2 Å². The third-order valence-corrected chi connectivity index (χ3v) is 4.21. The van der Waals surface area contributed by atoms with Gasteiger partial charge in [-0.1, -0.05) is 12.1 Å². The van der Waals surface area contributed by atoms with Crippen molar-refractivity contribution in [3.05, 3.63) is 29.8 Å². The number of hydrogen-bond donors (Lipinski definition) is 2. The Bertz CT molecular complexity index is 649. The summed E-state index contributed by atoms with van der Waals surface area (Å²) < 4.78 is 10.6. The van der Waals surface area contributed by atoms with Gasteiger partial charge in [0.2, 0.25) is 0 Å².